The van der Waals surface area contributed by atoms with Gasteiger partial charge in [0.15, 0.2) is 0 Å². The number of methoxy groups -OCH3 is 1. The van der Waals surface area contributed by atoms with Crippen LogP contribution in [0, 0.1) is 0 Å². The number of aromatic nitrogens is 1. The van der Waals surface area contributed by atoms with E-state index in [0.717, 1.165) is 16.7 Å². The van der Waals surface area contributed by atoms with Gasteiger partial charge in [0.25, 0.3) is 11.6 Å². The van der Waals surface area contributed by atoms with Crippen molar-refractivity contribution in [2.75, 3.05) is 20.3 Å². The minimum Gasteiger partial charge on any atom is -0.497 e. The molecular formula is C27H33N3O6. The van der Waals surface area contributed by atoms with Gasteiger partial charge in [0.1, 0.15) is 17.9 Å². The molecule has 3 N–H and O–H groups in total. The molecule has 0 spiro atoms. The monoisotopic (exact) mass is 495 g/mol. The van der Waals surface area contributed by atoms with Crippen molar-refractivity contribution in [1.29, 1.82) is 0 Å². The average Bonchev–Trinajstić information content (AvgIpc) is 3.47. The molecular weight excluding hydrogens is 462 g/mol. The van der Waals surface area contributed by atoms with Gasteiger partial charge in [-0.3, -0.25) is 14.5 Å². The van der Waals surface area contributed by atoms with Crippen LogP contribution in [0.5, 0.6) is 5.75 Å². The van der Waals surface area contributed by atoms with E-state index in [0.29, 0.717) is 48.3 Å². The summed E-state index contributed by atoms with van der Waals surface area (Å²) in [6.07, 6.45) is 3.30. The number of benzene rings is 1. The first-order chi connectivity index (χ1) is 17.1. The molecule has 4 heterocycles. The van der Waals surface area contributed by atoms with Crippen molar-refractivity contribution in [1.82, 2.24) is 14.4 Å². The number of fused-ring (bicyclic) bond motifs is 5. The first-order valence-corrected chi connectivity index (χ1v) is 12.3. The molecule has 0 saturated carbocycles. The Morgan fingerprint density at radius 1 is 1.25 bits per heavy atom. The fourth-order valence-corrected chi connectivity index (χ4v) is 5.92. The molecule has 0 aliphatic carbocycles. The van der Waals surface area contributed by atoms with Gasteiger partial charge in [-0.05, 0) is 45.7 Å². The fraction of sp³-hybridized carbons (Fsp3) is 0.481. The van der Waals surface area contributed by atoms with E-state index in [4.69, 9.17) is 4.74 Å². The zero-order valence-electron chi connectivity index (χ0n) is 21.1. The number of piperazine rings is 1. The highest BCUT2D eigenvalue weighted by atomic mass is 16.5. The van der Waals surface area contributed by atoms with Gasteiger partial charge in [-0.25, -0.2) is 0 Å². The van der Waals surface area contributed by atoms with Gasteiger partial charge in [-0.15, -0.1) is 0 Å². The van der Waals surface area contributed by atoms with Crippen LogP contribution >= 0.6 is 0 Å². The zero-order valence-corrected chi connectivity index (χ0v) is 21.1. The molecule has 2 aromatic rings. The Balaban J connectivity index is 1.84. The lowest BCUT2D eigenvalue weighted by molar-refractivity contribution is -0.229. The number of nitrogens with zero attached hydrogens (tertiary/aromatic N) is 3. The molecule has 0 radical (unpaired) electrons. The third-order valence-corrected chi connectivity index (χ3v) is 7.65. The Bertz CT molecular complexity index is 1310. The summed E-state index contributed by atoms with van der Waals surface area (Å²) in [6, 6.07) is 3.99. The van der Waals surface area contributed by atoms with Crippen LogP contribution in [0.4, 0.5) is 0 Å². The van der Waals surface area contributed by atoms with Gasteiger partial charge < -0.3 is 29.5 Å². The summed E-state index contributed by atoms with van der Waals surface area (Å²) in [5.74, 6) is -0.391. The number of allylic oxidation sites excluding steroid dienone is 2. The second-order valence-corrected chi connectivity index (χ2v) is 10.2. The summed E-state index contributed by atoms with van der Waals surface area (Å²) in [6.45, 7) is 6.25. The molecule has 9 heteroatoms. The molecule has 192 valence electrons. The van der Waals surface area contributed by atoms with Gasteiger partial charge in [0.2, 0.25) is 5.91 Å². The predicted molar refractivity (Wildman–Crippen MR) is 133 cm³/mol. The van der Waals surface area contributed by atoms with E-state index in [1.165, 1.54) is 9.80 Å². The van der Waals surface area contributed by atoms with Crippen molar-refractivity contribution in [2.24, 2.45) is 0 Å². The summed E-state index contributed by atoms with van der Waals surface area (Å²) >= 11 is 0. The maximum absolute atomic E-state index is 13.8. The minimum atomic E-state index is -2.42. The number of rotatable bonds is 5. The van der Waals surface area contributed by atoms with E-state index in [9.17, 15) is 24.9 Å². The zero-order chi connectivity index (χ0) is 25.9. The van der Waals surface area contributed by atoms with Crippen molar-refractivity contribution in [3.8, 4) is 5.75 Å². The Morgan fingerprint density at radius 2 is 2.00 bits per heavy atom. The molecule has 1 aromatic carbocycles. The third-order valence-electron chi connectivity index (χ3n) is 7.65. The van der Waals surface area contributed by atoms with Gasteiger partial charge in [-0.1, -0.05) is 23.3 Å². The lowest BCUT2D eigenvalue weighted by atomic mass is 9.82. The number of hydrogen-bond acceptors (Lipinski definition) is 6. The van der Waals surface area contributed by atoms with Crippen LogP contribution in [0.1, 0.15) is 57.0 Å². The number of aliphatic hydroxyl groups is 3. The molecule has 3 aliphatic rings. The van der Waals surface area contributed by atoms with E-state index in [2.05, 4.69) is 0 Å². The Labute approximate surface area is 209 Å². The topological polar surface area (TPSA) is 115 Å². The van der Waals surface area contributed by atoms with Crippen molar-refractivity contribution < 1.29 is 29.6 Å². The maximum atomic E-state index is 13.8. The molecule has 3 aliphatic heterocycles. The fourth-order valence-electron chi connectivity index (χ4n) is 5.92. The molecule has 4 unspecified atom stereocenters. The van der Waals surface area contributed by atoms with Gasteiger partial charge in [-0.2, -0.15) is 0 Å². The number of carbonyl (C=O) groups excluding carboxylic acids is 2. The number of carbonyl (C=O) groups is 2. The van der Waals surface area contributed by atoms with E-state index < -0.39 is 29.8 Å². The van der Waals surface area contributed by atoms with Crippen LogP contribution in [-0.2, 0) is 16.1 Å². The van der Waals surface area contributed by atoms with Gasteiger partial charge >= 0.3 is 0 Å². The molecule has 0 bridgehead atoms. The standard InChI is InChI=1S/C27H33N3O6/c1-15(2)12-21-23-22(18-8-7-17(36-4)13-20(18)28(23)11-9-16(3)14-31)24(32)27(35)26(34)29-10-5-6-19(29)25(33)30(21)27/h7-9,12-13,19,21,24,31-32,35H,5-6,10-11,14H2,1-4H3. The Kier molecular flexibility index (Phi) is 5.97. The van der Waals surface area contributed by atoms with Crippen LogP contribution in [0.2, 0.25) is 0 Å². The van der Waals surface area contributed by atoms with Crippen molar-refractivity contribution >= 4 is 22.7 Å². The quantitative estimate of drug-likeness (QED) is 0.548. The van der Waals surface area contributed by atoms with Crippen LogP contribution in [-0.4, -0.2) is 73.5 Å². The first-order valence-electron chi connectivity index (χ1n) is 12.3. The number of ether oxygens (including phenoxy) is 1. The highest BCUT2D eigenvalue weighted by molar-refractivity contribution is 6.02. The average molecular weight is 496 g/mol. The van der Waals surface area contributed by atoms with Crippen LogP contribution in [0.15, 0.2) is 41.5 Å². The normalized spacial score (nSPS) is 27.8. The molecule has 5 rings (SSSR count). The molecule has 4 atom stereocenters. The van der Waals surface area contributed by atoms with Crippen molar-refractivity contribution in [2.45, 2.75) is 64.1 Å². The highest BCUT2D eigenvalue weighted by Gasteiger charge is 2.65. The first kappa shape index (κ1) is 24.5. The highest BCUT2D eigenvalue weighted by Crippen LogP contribution is 2.52. The Morgan fingerprint density at radius 3 is 2.67 bits per heavy atom. The van der Waals surface area contributed by atoms with Crippen molar-refractivity contribution in [3.05, 3.63) is 52.8 Å². The smallest absolute Gasteiger partial charge is 0.279 e. The van der Waals surface area contributed by atoms with Gasteiger partial charge in [0, 0.05) is 30.1 Å². The summed E-state index contributed by atoms with van der Waals surface area (Å²) in [5, 5.41) is 33.9. The maximum Gasteiger partial charge on any atom is 0.279 e. The third kappa shape index (κ3) is 3.33. The predicted octanol–water partition coefficient (Wildman–Crippen LogP) is 2.16. The molecule has 1 aromatic heterocycles. The number of amides is 2. The minimum absolute atomic E-state index is 0.0961. The lowest BCUT2D eigenvalue weighted by Gasteiger charge is -2.54. The number of hydrogen-bond donors (Lipinski definition) is 3. The molecule has 2 amide bonds. The second kappa shape index (κ2) is 8.76. The lowest BCUT2D eigenvalue weighted by Crippen LogP contribution is -2.74. The summed E-state index contributed by atoms with van der Waals surface area (Å²) in [7, 11) is 1.57. The SMILES string of the molecule is COc1ccc2c3c(n(CC=C(C)CO)c2c1)C(C=C(C)C)N1C(=O)C2CCCN2C(=O)C1(O)C3O. The molecule has 2 fully saturated rings. The van der Waals surface area contributed by atoms with Crippen LogP contribution in [0.25, 0.3) is 10.9 Å². The second-order valence-electron chi connectivity index (χ2n) is 10.2. The van der Waals surface area contributed by atoms with E-state index in [1.807, 2.05) is 49.6 Å². The van der Waals surface area contributed by atoms with E-state index in [1.54, 1.807) is 13.2 Å². The number of aliphatic hydroxyl groups excluding tert-OH is 2. The van der Waals surface area contributed by atoms with E-state index >= 15 is 0 Å². The summed E-state index contributed by atoms with van der Waals surface area (Å²) in [4.78, 5) is 30.2. The molecule has 36 heavy (non-hydrogen) atoms. The Hall–Kier alpha value is -3.14. The van der Waals surface area contributed by atoms with Crippen molar-refractivity contribution in [3.63, 3.8) is 0 Å². The van der Waals surface area contributed by atoms with Crippen LogP contribution < -0.4 is 4.74 Å². The van der Waals surface area contributed by atoms with Crippen LogP contribution in [0.3, 0.4) is 0 Å². The summed E-state index contributed by atoms with van der Waals surface area (Å²) in [5.41, 5.74) is 1.03. The van der Waals surface area contributed by atoms with E-state index in [-0.39, 0.29) is 12.5 Å². The largest absolute Gasteiger partial charge is 0.497 e. The molecule has 2 saturated heterocycles. The van der Waals surface area contributed by atoms with Gasteiger partial charge in [0.05, 0.1) is 31.0 Å². The molecule has 9 nitrogen and oxygen atoms in total. The summed E-state index contributed by atoms with van der Waals surface area (Å²) < 4.78 is 7.43.